The largest absolute Gasteiger partial charge is 0.502 e. The van der Waals surface area contributed by atoms with E-state index in [0.29, 0.717) is 34.5 Å². The Hall–Kier alpha value is -4.40. The van der Waals surface area contributed by atoms with Crippen LogP contribution in [0.1, 0.15) is 58.3 Å². The van der Waals surface area contributed by atoms with Crippen LogP contribution in [0.2, 0.25) is 0 Å². The summed E-state index contributed by atoms with van der Waals surface area (Å²) in [5.74, 6) is 4.18. The van der Waals surface area contributed by atoms with E-state index in [2.05, 4.69) is 60.6 Å². The maximum Gasteiger partial charge on any atom is 0.201 e. The predicted octanol–water partition coefficient (Wildman–Crippen LogP) is 7.08. The Morgan fingerprint density at radius 1 is 0.822 bits per heavy atom. The highest BCUT2D eigenvalue weighted by Crippen LogP contribution is 2.51. The molecule has 0 aromatic heterocycles. The summed E-state index contributed by atoms with van der Waals surface area (Å²) in [6, 6.07) is 20.5. The highest BCUT2D eigenvalue weighted by molar-refractivity contribution is 5.63. The van der Waals surface area contributed by atoms with Gasteiger partial charge in [-0.2, -0.15) is 0 Å². The standard InChI is InChI=1S/C37H40N2O6/c1-21-23-8-11-29(41-3)31(17-23)44-26-9-6-22(7-10-26)16-28-34-25(13-15-39(28)2)19-33(43-5)36(40)37(34)45-32-20-27-24(18-30(32)42-4)12-14-38-35(21)27/h6-11,17-21,28,35,38,40H,12-16H2,1-5H3/t21?,28-,35-/m0/s1. The van der Waals surface area contributed by atoms with Crippen molar-refractivity contribution in [1.29, 1.82) is 0 Å². The molecule has 0 saturated heterocycles. The molecule has 4 aromatic carbocycles. The lowest BCUT2D eigenvalue weighted by molar-refractivity contribution is 0.221. The second-order valence-electron chi connectivity index (χ2n) is 12.2. The molecule has 0 saturated carbocycles. The summed E-state index contributed by atoms with van der Waals surface area (Å²) >= 11 is 0. The zero-order valence-corrected chi connectivity index (χ0v) is 26.5. The molecule has 0 fully saturated rings. The molecular weight excluding hydrogens is 568 g/mol. The van der Waals surface area contributed by atoms with Crippen LogP contribution in [-0.2, 0) is 19.3 Å². The number of nitrogens with one attached hydrogen (secondary N) is 1. The van der Waals surface area contributed by atoms with Crippen LogP contribution < -0.4 is 29.0 Å². The number of rotatable bonds is 3. The summed E-state index contributed by atoms with van der Waals surface area (Å²) in [5.41, 5.74) is 6.69. The molecule has 0 aliphatic carbocycles. The number of ether oxygens (including phenoxy) is 5. The van der Waals surface area contributed by atoms with Gasteiger partial charge in [0.2, 0.25) is 5.75 Å². The fourth-order valence-corrected chi connectivity index (χ4v) is 7.14. The second kappa shape index (κ2) is 11.8. The molecule has 4 aromatic rings. The maximum absolute atomic E-state index is 11.6. The third-order valence-corrected chi connectivity index (χ3v) is 9.69. The van der Waals surface area contributed by atoms with Crippen LogP contribution in [0.25, 0.3) is 0 Å². The van der Waals surface area contributed by atoms with Crippen LogP contribution in [0.4, 0.5) is 0 Å². The van der Waals surface area contributed by atoms with Crippen molar-refractivity contribution in [3.63, 3.8) is 0 Å². The molecule has 2 N–H and O–H groups in total. The van der Waals surface area contributed by atoms with Gasteiger partial charge in [0.15, 0.2) is 34.5 Å². The van der Waals surface area contributed by atoms with Crippen LogP contribution in [0, 0.1) is 0 Å². The Morgan fingerprint density at radius 3 is 2.31 bits per heavy atom. The van der Waals surface area contributed by atoms with Gasteiger partial charge in [0, 0.05) is 30.1 Å². The number of hydrogen-bond acceptors (Lipinski definition) is 8. The van der Waals surface area contributed by atoms with Gasteiger partial charge in [0.05, 0.1) is 21.3 Å². The van der Waals surface area contributed by atoms with Crippen molar-refractivity contribution in [2.24, 2.45) is 0 Å². The molecule has 8 nitrogen and oxygen atoms in total. The molecule has 8 heteroatoms. The Bertz CT molecular complexity index is 1740. The third-order valence-electron chi connectivity index (χ3n) is 9.69. The van der Waals surface area contributed by atoms with E-state index in [0.717, 1.165) is 65.9 Å². The van der Waals surface area contributed by atoms with E-state index in [9.17, 15) is 5.11 Å². The number of hydrogen-bond donors (Lipinski definition) is 2. The average molecular weight is 609 g/mol. The summed E-state index contributed by atoms with van der Waals surface area (Å²) < 4.78 is 30.5. The van der Waals surface area contributed by atoms with Crippen molar-refractivity contribution in [3.8, 4) is 46.0 Å². The van der Waals surface area contributed by atoms with Crippen molar-refractivity contribution < 1.29 is 28.8 Å². The Morgan fingerprint density at radius 2 is 1.56 bits per heavy atom. The zero-order chi connectivity index (χ0) is 31.2. The number of likely N-dealkylation sites (N-methyl/N-ethyl adjacent to an activating group) is 1. The SMILES string of the molecule is COc1ccc2cc1Oc1ccc(cc1)C[C@H]1c3c(cc(OC)c(O)c3Oc3cc4c(cc3OC)CCN[C@H]4C2C)CCN1C. The number of phenols is 1. The number of fused-ring (bicyclic) bond motifs is 2. The van der Waals surface area contributed by atoms with E-state index in [1.54, 1.807) is 21.3 Å². The lowest BCUT2D eigenvalue weighted by Crippen LogP contribution is -2.34. The van der Waals surface area contributed by atoms with Crippen LogP contribution >= 0.6 is 0 Å². The molecule has 1 unspecified atom stereocenters. The number of aromatic hydroxyl groups is 1. The minimum absolute atomic E-state index is 0.00752. The van der Waals surface area contributed by atoms with Gasteiger partial charge in [-0.05, 0) is 103 Å². The normalized spacial score (nSPS) is 20.6. The number of nitrogens with zero attached hydrogens (tertiary/aromatic N) is 1. The fourth-order valence-electron chi connectivity index (χ4n) is 7.14. The van der Waals surface area contributed by atoms with Gasteiger partial charge in [-0.1, -0.05) is 25.1 Å². The van der Waals surface area contributed by atoms with Crippen LogP contribution in [0.3, 0.4) is 0 Å². The van der Waals surface area contributed by atoms with Gasteiger partial charge in [0.1, 0.15) is 5.75 Å². The molecular formula is C37H40N2O6. The smallest absolute Gasteiger partial charge is 0.201 e. The summed E-state index contributed by atoms with van der Waals surface area (Å²) in [4.78, 5) is 2.33. The van der Waals surface area contributed by atoms with E-state index in [4.69, 9.17) is 23.7 Å². The van der Waals surface area contributed by atoms with Gasteiger partial charge < -0.3 is 34.1 Å². The first-order valence-electron chi connectivity index (χ1n) is 15.6. The van der Waals surface area contributed by atoms with E-state index in [1.807, 2.05) is 24.3 Å². The highest BCUT2D eigenvalue weighted by atomic mass is 16.5. The second-order valence-corrected chi connectivity index (χ2v) is 12.2. The highest BCUT2D eigenvalue weighted by Gasteiger charge is 2.34. The Labute approximate surface area is 264 Å². The third kappa shape index (κ3) is 5.22. The van der Waals surface area contributed by atoms with Crippen molar-refractivity contribution in [2.45, 2.75) is 44.2 Å². The van der Waals surface area contributed by atoms with Gasteiger partial charge in [-0.25, -0.2) is 0 Å². The number of phenolic OH excluding ortho intramolecular Hbond substituents is 1. The minimum atomic E-state index is -0.0407. The van der Waals surface area contributed by atoms with Crippen LogP contribution in [0.5, 0.6) is 46.0 Å². The van der Waals surface area contributed by atoms with Crippen molar-refractivity contribution >= 4 is 0 Å². The molecule has 4 aliphatic rings. The van der Waals surface area contributed by atoms with Gasteiger partial charge >= 0.3 is 0 Å². The van der Waals surface area contributed by atoms with E-state index >= 15 is 0 Å². The van der Waals surface area contributed by atoms with Crippen molar-refractivity contribution in [3.05, 3.63) is 94.0 Å². The summed E-state index contributed by atoms with van der Waals surface area (Å²) in [6.45, 7) is 3.94. The van der Waals surface area contributed by atoms with Gasteiger partial charge in [0.25, 0.3) is 0 Å². The summed E-state index contributed by atoms with van der Waals surface area (Å²) in [7, 11) is 7.03. The molecule has 0 radical (unpaired) electrons. The molecule has 6 bridgehead atoms. The predicted molar refractivity (Wildman–Crippen MR) is 173 cm³/mol. The molecule has 4 heterocycles. The first-order chi connectivity index (χ1) is 21.9. The van der Waals surface area contributed by atoms with E-state index < -0.39 is 0 Å². The molecule has 0 spiro atoms. The molecule has 8 rings (SSSR count). The maximum atomic E-state index is 11.6. The zero-order valence-electron chi connectivity index (χ0n) is 26.5. The first-order valence-corrected chi connectivity index (χ1v) is 15.6. The topological polar surface area (TPSA) is 81.7 Å². The Balaban J connectivity index is 1.45. The lowest BCUT2D eigenvalue weighted by Gasteiger charge is -2.37. The lowest BCUT2D eigenvalue weighted by atomic mass is 9.83. The summed E-state index contributed by atoms with van der Waals surface area (Å²) in [6.07, 6.45) is 2.40. The van der Waals surface area contributed by atoms with Gasteiger partial charge in [-0.3, -0.25) is 4.90 Å². The van der Waals surface area contributed by atoms with Crippen molar-refractivity contribution in [1.82, 2.24) is 10.2 Å². The van der Waals surface area contributed by atoms with E-state index in [-0.39, 0.29) is 23.8 Å². The molecule has 234 valence electrons. The Kier molecular flexibility index (Phi) is 7.71. The fraction of sp³-hybridized carbons (Fsp3) is 0.351. The molecule has 45 heavy (non-hydrogen) atoms. The quantitative estimate of drug-likeness (QED) is 0.256. The number of benzene rings is 4. The van der Waals surface area contributed by atoms with Crippen LogP contribution in [-0.4, -0.2) is 51.5 Å². The van der Waals surface area contributed by atoms with Gasteiger partial charge in [-0.15, -0.1) is 0 Å². The molecule has 0 amide bonds. The minimum Gasteiger partial charge on any atom is -0.502 e. The molecule has 4 aliphatic heterocycles. The first kappa shape index (κ1) is 29.3. The monoisotopic (exact) mass is 608 g/mol. The molecule has 3 atom stereocenters. The number of methoxy groups -OCH3 is 3. The summed E-state index contributed by atoms with van der Waals surface area (Å²) in [5, 5.41) is 15.4. The van der Waals surface area contributed by atoms with Crippen LogP contribution in [0.15, 0.2) is 60.7 Å². The van der Waals surface area contributed by atoms with Crippen molar-refractivity contribution in [2.75, 3.05) is 41.5 Å². The average Bonchev–Trinajstić information content (AvgIpc) is 3.06. The van der Waals surface area contributed by atoms with E-state index in [1.165, 1.54) is 5.56 Å².